The Bertz CT molecular complexity index is 826. The first-order valence-electron chi connectivity index (χ1n) is 10.2. The monoisotopic (exact) mass is 470 g/mol. The molecule has 1 aliphatic heterocycles. The van der Waals surface area contributed by atoms with E-state index in [0.29, 0.717) is 18.6 Å². The number of nitrogens with zero attached hydrogens (tertiary/aromatic N) is 2. The average molecular weight is 471 g/mol. The maximum absolute atomic E-state index is 14.9. The van der Waals surface area contributed by atoms with Gasteiger partial charge >= 0.3 is 0 Å². The van der Waals surface area contributed by atoms with Gasteiger partial charge in [-0.25, -0.2) is 9.07 Å². The first-order valence-corrected chi connectivity index (χ1v) is 13.9. The fourth-order valence-electron chi connectivity index (χ4n) is 3.33. The number of benzene rings is 1. The molecule has 1 saturated heterocycles. The number of halogens is 2. The Kier molecular flexibility index (Phi) is 6.69. The first kappa shape index (κ1) is 21.9. The van der Waals surface area contributed by atoms with Crippen LogP contribution in [0.4, 0.5) is 4.39 Å². The number of fused-ring (bicyclic) bond motifs is 1. The normalized spacial score (nSPS) is 18.8. The summed E-state index contributed by atoms with van der Waals surface area (Å²) in [6.07, 6.45) is 6.27. The number of hydrogen-bond acceptors (Lipinski definition) is 3. The molecule has 7 heteroatoms. The van der Waals surface area contributed by atoms with Crippen molar-refractivity contribution >= 4 is 35.2 Å². The van der Waals surface area contributed by atoms with Gasteiger partial charge in [-0.3, -0.25) is 0 Å². The number of rotatable bonds is 6. The van der Waals surface area contributed by atoms with Gasteiger partial charge in [0.15, 0.2) is 14.5 Å². The van der Waals surface area contributed by atoms with Crippen molar-refractivity contribution in [1.29, 1.82) is 0 Å². The fourth-order valence-corrected chi connectivity index (χ4v) is 5.11. The van der Waals surface area contributed by atoms with Crippen LogP contribution in [-0.2, 0) is 15.6 Å². The van der Waals surface area contributed by atoms with E-state index in [1.54, 1.807) is 6.07 Å². The fraction of sp³-hybridized carbons (Fsp3) is 0.667. The molecule has 1 aliphatic rings. The van der Waals surface area contributed by atoms with E-state index in [2.05, 4.69) is 54.9 Å². The third kappa shape index (κ3) is 4.53. The molecule has 0 saturated carbocycles. The van der Waals surface area contributed by atoms with Gasteiger partial charge in [0.05, 0.1) is 11.7 Å². The van der Waals surface area contributed by atoms with Crippen molar-refractivity contribution in [3.05, 3.63) is 28.1 Å². The van der Waals surface area contributed by atoms with Crippen molar-refractivity contribution in [3.63, 3.8) is 0 Å². The standard InChI is InChI=1S/C21H32BrFN2O2Si/c1-21(2,3)28(4,5)27-12-8-9-15-17(23)13-18-16(20(15)22)14-24-25(18)19-10-6-7-11-26-19/h13-14,19H,6-12H2,1-5H3. The Morgan fingerprint density at radius 3 is 2.75 bits per heavy atom. The molecule has 0 N–H and O–H groups in total. The van der Waals surface area contributed by atoms with Gasteiger partial charge in [0.25, 0.3) is 0 Å². The van der Waals surface area contributed by atoms with Crippen LogP contribution in [0.3, 0.4) is 0 Å². The van der Waals surface area contributed by atoms with Crippen LogP contribution in [-0.4, -0.2) is 31.3 Å². The van der Waals surface area contributed by atoms with Gasteiger partial charge in [0.1, 0.15) is 5.82 Å². The van der Waals surface area contributed by atoms with Crippen LogP contribution in [0.5, 0.6) is 0 Å². The van der Waals surface area contributed by atoms with Gasteiger partial charge in [-0.05, 0) is 66.2 Å². The third-order valence-corrected chi connectivity index (χ3v) is 11.6. The van der Waals surface area contributed by atoms with Gasteiger partial charge in [0.2, 0.25) is 0 Å². The van der Waals surface area contributed by atoms with E-state index in [1.165, 1.54) is 0 Å². The summed E-state index contributed by atoms with van der Waals surface area (Å²) in [5.74, 6) is -0.190. The molecule has 1 unspecified atom stereocenters. The lowest BCUT2D eigenvalue weighted by atomic mass is 10.1. The van der Waals surface area contributed by atoms with Crippen LogP contribution in [0.1, 0.15) is 58.2 Å². The zero-order valence-electron chi connectivity index (χ0n) is 17.6. The quantitative estimate of drug-likeness (QED) is 0.352. The van der Waals surface area contributed by atoms with Crippen molar-refractivity contribution in [3.8, 4) is 0 Å². The molecule has 1 atom stereocenters. The zero-order chi connectivity index (χ0) is 20.5. The molecule has 0 spiro atoms. The minimum absolute atomic E-state index is 0.0959. The van der Waals surface area contributed by atoms with Gasteiger partial charge in [0, 0.05) is 34.7 Å². The van der Waals surface area contributed by atoms with Crippen LogP contribution in [0, 0.1) is 5.82 Å². The summed E-state index contributed by atoms with van der Waals surface area (Å²) in [6.45, 7) is 12.6. The average Bonchev–Trinajstić information content (AvgIpc) is 3.04. The molecule has 0 bridgehead atoms. The number of hydrogen-bond donors (Lipinski definition) is 0. The highest BCUT2D eigenvalue weighted by Gasteiger charge is 2.36. The second-order valence-electron chi connectivity index (χ2n) is 9.21. The van der Waals surface area contributed by atoms with Crippen LogP contribution in [0.25, 0.3) is 10.9 Å². The molecule has 4 nitrogen and oxygen atoms in total. The van der Waals surface area contributed by atoms with Gasteiger partial charge in [-0.1, -0.05) is 20.8 Å². The topological polar surface area (TPSA) is 36.3 Å². The molecule has 2 aromatic rings. The highest BCUT2D eigenvalue weighted by Crippen LogP contribution is 2.37. The van der Waals surface area contributed by atoms with E-state index in [1.807, 2.05) is 10.9 Å². The molecule has 2 heterocycles. The minimum Gasteiger partial charge on any atom is -0.417 e. The van der Waals surface area contributed by atoms with Crippen molar-refractivity contribution in [1.82, 2.24) is 9.78 Å². The van der Waals surface area contributed by atoms with Crippen molar-refractivity contribution in [2.24, 2.45) is 0 Å². The van der Waals surface area contributed by atoms with Crippen molar-refractivity contribution in [2.75, 3.05) is 13.2 Å². The number of ether oxygens (including phenoxy) is 1. The third-order valence-electron chi connectivity index (χ3n) is 6.16. The molecular weight excluding hydrogens is 439 g/mol. The van der Waals surface area contributed by atoms with Gasteiger partial charge in [-0.15, -0.1) is 0 Å². The van der Waals surface area contributed by atoms with Crippen molar-refractivity contribution < 1.29 is 13.6 Å². The molecular formula is C21H32BrFN2O2Si. The summed E-state index contributed by atoms with van der Waals surface area (Å²) in [4.78, 5) is 0. The SMILES string of the molecule is CC(C)(C)[Si](C)(C)OCCCc1c(F)cc2c(cnn2C2CCCCO2)c1Br. The predicted octanol–water partition coefficient (Wildman–Crippen LogP) is 6.59. The van der Waals surface area contributed by atoms with Gasteiger partial charge < -0.3 is 9.16 Å². The molecule has 28 heavy (non-hydrogen) atoms. The smallest absolute Gasteiger partial charge is 0.191 e. The molecule has 0 radical (unpaired) electrons. The molecule has 1 aromatic carbocycles. The Labute approximate surface area is 177 Å². The van der Waals surface area contributed by atoms with Crippen molar-refractivity contribution in [2.45, 2.75) is 77.2 Å². The second kappa shape index (κ2) is 8.54. The largest absolute Gasteiger partial charge is 0.417 e. The predicted molar refractivity (Wildman–Crippen MR) is 118 cm³/mol. The Morgan fingerprint density at radius 2 is 2.11 bits per heavy atom. The molecule has 1 fully saturated rings. The van der Waals surface area contributed by atoms with Crippen LogP contribution >= 0.6 is 15.9 Å². The van der Waals surface area contributed by atoms with Gasteiger partial charge in [-0.2, -0.15) is 5.10 Å². The minimum atomic E-state index is -1.76. The summed E-state index contributed by atoms with van der Waals surface area (Å²) in [5.41, 5.74) is 1.49. The Morgan fingerprint density at radius 1 is 1.36 bits per heavy atom. The van der Waals surface area contributed by atoms with Crippen LogP contribution in [0.15, 0.2) is 16.7 Å². The lowest BCUT2D eigenvalue weighted by molar-refractivity contribution is -0.0366. The molecule has 0 aliphatic carbocycles. The highest BCUT2D eigenvalue weighted by atomic mass is 79.9. The summed E-state index contributed by atoms with van der Waals surface area (Å²) in [5, 5.41) is 5.62. The lowest BCUT2D eigenvalue weighted by Gasteiger charge is -2.36. The second-order valence-corrected chi connectivity index (χ2v) is 14.8. The summed E-state index contributed by atoms with van der Waals surface area (Å²) in [7, 11) is -1.76. The molecule has 156 valence electrons. The van der Waals surface area contributed by atoms with E-state index in [-0.39, 0.29) is 17.1 Å². The van der Waals surface area contributed by atoms with E-state index in [4.69, 9.17) is 9.16 Å². The van der Waals surface area contributed by atoms with E-state index >= 15 is 0 Å². The molecule has 1 aromatic heterocycles. The van der Waals surface area contributed by atoms with E-state index in [0.717, 1.165) is 47.7 Å². The maximum Gasteiger partial charge on any atom is 0.191 e. The zero-order valence-corrected chi connectivity index (χ0v) is 20.2. The summed E-state index contributed by atoms with van der Waals surface area (Å²) < 4.78 is 29.6. The Hall–Kier alpha value is -0.763. The highest BCUT2D eigenvalue weighted by molar-refractivity contribution is 9.10. The molecule has 3 rings (SSSR count). The van der Waals surface area contributed by atoms with E-state index in [9.17, 15) is 4.39 Å². The van der Waals surface area contributed by atoms with Crippen LogP contribution < -0.4 is 0 Å². The molecule has 0 amide bonds. The number of aromatic nitrogens is 2. The summed E-state index contributed by atoms with van der Waals surface area (Å²) in [6, 6.07) is 1.61. The first-order chi connectivity index (χ1) is 13.1. The summed E-state index contributed by atoms with van der Waals surface area (Å²) >= 11 is 3.63. The Balaban J connectivity index is 1.72. The van der Waals surface area contributed by atoms with E-state index < -0.39 is 8.32 Å². The maximum atomic E-state index is 14.9. The van der Waals surface area contributed by atoms with Crippen LogP contribution in [0.2, 0.25) is 18.1 Å². The lowest BCUT2D eigenvalue weighted by Crippen LogP contribution is -2.41.